The number of anilines is 2. The molecule has 0 aliphatic carbocycles. The highest BCUT2D eigenvalue weighted by Gasteiger charge is 2.26. The highest BCUT2D eigenvalue weighted by atomic mass is 32.2. The second-order valence-corrected chi connectivity index (χ2v) is 27.7. The molecule has 4 heterocycles. The lowest BCUT2D eigenvalue weighted by molar-refractivity contribution is 0.0942. The molecule has 0 atom stereocenters. The van der Waals surface area contributed by atoms with Gasteiger partial charge in [0, 0.05) is 65.8 Å². The summed E-state index contributed by atoms with van der Waals surface area (Å²) in [5.74, 6) is 1.70. The van der Waals surface area contributed by atoms with Crippen LogP contribution in [-0.2, 0) is 19.3 Å². The minimum atomic E-state index is -3.05. The van der Waals surface area contributed by atoms with Gasteiger partial charge in [-0.15, -0.1) is 0 Å². The van der Waals surface area contributed by atoms with Crippen LogP contribution in [0.5, 0.6) is 0 Å². The maximum atomic E-state index is 12.3. The van der Waals surface area contributed by atoms with Crippen LogP contribution < -0.4 is 9.80 Å². The van der Waals surface area contributed by atoms with Gasteiger partial charge in [0.2, 0.25) is 0 Å². The van der Waals surface area contributed by atoms with E-state index in [1.165, 1.54) is 0 Å². The fourth-order valence-electron chi connectivity index (χ4n) is 4.93. The largest absolute Gasteiger partial charge is 0.361 e. The maximum Gasteiger partial charge on any atom is 0.167 e. The second-order valence-electron chi connectivity index (χ2n) is 14.2. The van der Waals surface area contributed by atoms with Gasteiger partial charge < -0.3 is 19.3 Å². The predicted molar refractivity (Wildman–Crippen MR) is 187 cm³/mol. The summed E-state index contributed by atoms with van der Waals surface area (Å²) in [5, 5.41) is 9.41. The Bertz CT molecular complexity index is 1650. The van der Waals surface area contributed by atoms with Gasteiger partial charge in [0.15, 0.2) is 15.5 Å². The normalized spacial score (nSPS) is 15.6. The van der Waals surface area contributed by atoms with Crippen molar-refractivity contribution >= 4 is 43.3 Å². The topological polar surface area (TPSA) is 107 Å². The van der Waals surface area contributed by atoms with E-state index >= 15 is 0 Å². The van der Waals surface area contributed by atoms with Gasteiger partial charge in [-0.2, -0.15) is 14.7 Å². The highest BCUT2D eigenvalue weighted by molar-refractivity contribution is 7.91. The first-order valence-electron chi connectivity index (χ1n) is 15.6. The summed E-state index contributed by atoms with van der Waals surface area (Å²) < 4.78 is 40.7. The van der Waals surface area contributed by atoms with Gasteiger partial charge >= 0.3 is 0 Å². The lowest BCUT2D eigenvalue weighted by Crippen LogP contribution is -2.41. The number of fused-ring (bicyclic) bond motifs is 1. The molecule has 4 aromatic rings. The third kappa shape index (κ3) is 9.03. The van der Waals surface area contributed by atoms with Crippen molar-refractivity contribution < 1.29 is 17.9 Å². The molecule has 3 aromatic heterocycles. The number of sulfone groups is 1. The molecule has 0 saturated carbocycles. The van der Waals surface area contributed by atoms with E-state index in [2.05, 4.69) is 49.3 Å². The molecule has 0 bridgehead atoms. The molecule has 1 aromatic carbocycles. The third-order valence-corrected chi connectivity index (χ3v) is 12.9. The number of ether oxygens (including phenoxy) is 2. The van der Waals surface area contributed by atoms with E-state index in [0.29, 0.717) is 51.2 Å². The summed E-state index contributed by atoms with van der Waals surface area (Å²) in [4.78, 5) is 9.18. The first kappa shape index (κ1) is 33.3. The molecule has 1 saturated heterocycles. The Balaban J connectivity index is 1.52. The van der Waals surface area contributed by atoms with Crippen molar-refractivity contribution in [3.05, 3.63) is 55.0 Å². The second kappa shape index (κ2) is 13.7. The van der Waals surface area contributed by atoms with E-state index < -0.39 is 26.0 Å². The number of hydrogen-bond donors (Lipinski definition) is 0. The van der Waals surface area contributed by atoms with Gasteiger partial charge in [-0.05, 0) is 24.2 Å². The van der Waals surface area contributed by atoms with E-state index in [1.54, 1.807) is 0 Å². The van der Waals surface area contributed by atoms with Crippen molar-refractivity contribution in [2.75, 3.05) is 61.1 Å². The average Bonchev–Trinajstić information content (AvgIpc) is 3.63. The lowest BCUT2D eigenvalue weighted by atomic mass is 10.2. The van der Waals surface area contributed by atoms with Gasteiger partial charge in [-0.3, -0.25) is 0 Å². The first-order valence-corrected chi connectivity index (χ1v) is 24.9. The number of para-hydroxylation sites is 1. The van der Waals surface area contributed by atoms with E-state index in [1.807, 2.05) is 69.1 Å². The molecule has 11 nitrogen and oxygen atoms in total. The van der Waals surface area contributed by atoms with E-state index in [9.17, 15) is 8.42 Å². The molecule has 1 aliphatic rings. The van der Waals surface area contributed by atoms with Gasteiger partial charge in [0.1, 0.15) is 25.1 Å². The molecule has 1 aliphatic heterocycles. The molecular formula is C31H47N7O4SSi2. The molecule has 0 unspecified atom stereocenters. The van der Waals surface area contributed by atoms with E-state index in [0.717, 1.165) is 34.7 Å². The number of nitrogens with zero attached hydrogens (tertiary/aromatic N) is 7. The Morgan fingerprint density at radius 3 is 2.09 bits per heavy atom. The van der Waals surface area contributed by atoms with Crippen molar-refractivity contribution in [1.29, 1.82) is 0 Å². The van der Waals surface area contributed by atoms with Crippen LogP contribution >= 0.6 is 0 Å². The quantitative estimate of drug-likeness (QED) is 0.101. The number of aromatic nitrogens is 5. The Labute approximate surface area is 269 Å². The third-order valence-electron chi connectivity index (χ3n) is 7.83. The molecule has 0 spiro atoms. The van der Waals surface area contributed by atoms with Gasteiger partial charge in [-0.25, -0.2) is 18.1 Å². The van der Waals surface area contributed by atoms with Crippen LogP contribution in [0.15, 0.2) is 55.0 Å². The summed E-state index contributed by atoms with van der Waals surface area (Å²) in [7, 11) is -5.58. The van der Waals surface area contributed by atoms with Crippen molar-refractivity contribution in [3.8, 4) is 16.8 Å². The molecule has 0 N–H and O–H groups in total. The summed E-state index contributed by atoms with van der Waals surface area (Å²) in [6, 6.07) is 14.1. The summed E-state index contributed by atoms with van der Waals surface area (Å²) >= 11 is 0. The molecular weight excluding hydrogens is 623 g/mol. The van der Waals surface area contributed by atoms with Crippen LogP contribution in [0.4, 0.5) is 11.6 Å². The van der Waals surface area contributed by atoms with Crippen LogP contribution in [0.3, 0.4) is 0 Å². The van der Waals surface area contributed by atoms with Crippen LogP contribution in [0.25, 0.3) is 22.5 Å². The van der Waals surface area contributed by atoms with Gasteiger partial charge in [0.05, 0.1) is 29.6 Å². The fraction of sp³-hybridized carbons (Fsp3) is 0.516. The van der Waals surface area contributed by atoms with Crippen LogP contribution in [0.1, 0.15) is 0 Å². The molecule has 0 amide bonds. The van der Waals surface area contributed by atoms with Crippen molar-refractivity contribution in [2.45, 2.75) is 51.4 Å². The van der Waals surface area contributed by atoms with Crippen LogP contribution in [-0.4, -0.2) is 100 Å². The minimum absolute atomic E-state index is 0.106. The van der Waals surface area contributed by atoms with Crippen molar-refractivity contribution in [1.82, 2.24) is 24.4 Å². The molecule has 45 heavy (non-hydrogen) atoms. The van der Waals surface area contributed by atoms with E-state index in [-0.39, 0.29) is 11.5 Å². The Hall–Kier alpha value is -3.05. The Morgan fingerprint density at radius 1 is 0.867 bits per heavy atom. The molecule has 5 rings (SSSR count). The average molecular weight is 670 g/mol. The zero-order chi connectivity index (χ0) is 32.2. The predicted octanol–water partition coefficient (Wildman–Crippen LogP) is 5.25. The molecule has 14 heteroatoms. The van der Waals surface area contributed by atoms with Crippen molar-refractivity contribution in [2.24, 2.45) is 0 Å². The summed E-state index contributed by atoms with van der Waals surface area (Å²) in [6.07, 6.45) is 5.62. The number of benzene rings is 1. The number of hydrogen-bond acceptors (Lipinski definition) is 9. The molecule has 244 valence electrons. The zero-order valence-electron chi connectivity index (χ0n) is 27.4. The molecule has 1 fully saturated rings. The fourth-order valence-corrected chi connectivity index (χ4v) is 7.64. The Morgan fingerprint density at radius 2 is 1.49 bits per heavy atom. The SMILES string of the molecule is C[Si](C)(C)CCOCN(COCC[Si](C)(C)C)c1cc(N2CCS(=O)(=O)CC2)nc2c(-c3cnn(-c4ccccc4)c3)cnn12. The van der Waals surface area contributed by atoms with Gasteiger partial charge in [-0.1, -0.05) is 57.5 Å². The smallest absolute Gasteiger partial charge is 0.167 e. The molecule has 0 radical (unpaired) electrons. The zero-order valence-corrected chi connectivity index (χ0v) is 30.3. The van der Waals surface area contributed by atoms with Crippen LogP contribution in [0.2, 0.25) is 51.4 Å². The minimum Gasteiger partial charge on any atom is -0.361 e. The van der Waals surface area contributed by atoms with Gasteiger partial charge in [0.25, 0.3) is 0 Å². The highest BCUT2D eigenvalue weighted by Crippen LogP contribution is 2.31. The maximum absolute atomic E-state index is 12.3. The first-order chi connectivity index (χ1) is 21.3. The Kier molecular flexibility index (Phi) is 10.2. The summed E-state index contributed by atoms with van der Waals surface area (Å²) in [5.41, 5.74) is 3.35. The lowest BCUT2D eigenvalue weighted by Gasteiger charge is -2.30. The van der Waals surface area contributed by atoms with E-state index in [4.69, 9.17) is 19.6 Å². The number of rotatable bonds is 14. The summed E-state index contributed by atoms with van der Waals surface area (Å²) in [6.45, 7) is 16.9. The van der Waals surface area contributed by atoms with Crippen molar-refractivity contribution in [3.63, 3.8) is 0 Å². The standard InChI is InChI=1S/C31H47N7O4SSi2/c1-44(2,3)18-14-41-24-36(25-42-15-19-45(4,5)6)30-20-29(35-12-16-43(39,40)17-13-35)34-31-28(22-33-38(30)31)26-21-32-37(23-26)27-10-8-7-9-11-27/h7-11,20-23H,12-19,24-25H2,1-6H3. The van der Waals surface area contributed by atoms with Crippen LogP contribution in [0, 0.1) is 0 Å². The monoisotopic (exact) mass is 669 g/mol.